The molecule has 1 aliphatic heterocycles. The van der Waals surface area contributed by atoms with Crippen LogP contribution in [0.4, 0.5) is 23.5 Å². The highest BCUT2D eigenvalue weighted by molar-refractivity contribution is 14.1. The Morgan fingerprint density at radius 2 is 1.80 bits per heavy atom. The van der Waals surface area contributed by atoms with E-state index in [1.807, 2.05) is 48.5 Å². The fraction of sp³-hybridized carbons (Fsp3) is 0.200. The molecule has 2 aromatic carbocycles. The minimum Gasteiger partial charge on any atom is -0.378 e. The first-order valence-electron chi connectivity index (χ1n) is 9.32. The quantitative estimate of drug-likeness (QED) is 0.256. The van der Waals surface area contributed by atoms with Crippen molar-refractivity contribution in [2.75, 3.05) is 41.9 Å². The van der Waals surface area contributed by atoms with E-state index >= 15 is 0 Å². The number of anilines is 4. The summed E-state index contributed by atoms with van der Waals surface area (Å²) in [6, 6.07) is 15.9. The number of halogens is 2. The van der Waals surface area contributed by atoms with Gasteiger partial charge in [-0.15, -0.1) is 0 Å². The lowest BCUT2D eigenvalue weighted by molar-refractivity contribution is 0.122. The monoisotopic (exact) mass is 579 g/mol. The molecule has 30 heavy (non-hydrogen) atoms. The number of hydrogen-bond donors (Lipinski definition) is 2. The molecular formula is C20H19BrIN7O. The summed E-state index contributed by atoms with van der Waals surface area (Å²) in [5.74, 6) is 1.39. The van der Waals surface area contributed by atoms with Crippen molar-refractivity contribution < 1.29 is 4.74 Å². The molecule has 0 spiro atoms. The van der Waals surface area contributed by atoms with Crippen LogP contribution in [0.25, 0.3) is 0 Å². The first-order chi connectivity index (χ1) is 14.7. The van der Waals surface area contributed by atoms with Crippen LogP contribution in [0.15, 0.2) is 58.1 Å². The van der Waals surface area contributed by atoms with Gasteiger partial charge in [-0.1, -0.05) is 34.1 Å². The molecule has 0 atom stereocenters. The normalized spacial score (nSPS) is 14.1. The summed E-state index contributed by atoms with van der Waals surface area (Å²) >= 11 is 5.75. The standard InChI is InChI=1S/C20H19BrIN7O/c21-15-2-1-3-17(12-15)24-18-25-19(27-20(26-18)29-8-10-30-11-9-29)28-23-13-14-4-6-16(22)7-5-14/h1-7,12-13H,8-11H2,(H2,24,25,26,27,28). The van der Waals surface area contributed by atoms with Crippen LogP contribution >= 0.6 is 38.5 Å². The zero-order valence-electron chi connectivity index (χ0n) is 15.9. The van der Waals surface area contributed by atoms with E-state index in [1.165, 1.54) is 3.57 Å². The van der Waals surface area contributed by atoms with Gasteiger partial charge in [0.15, 0.2) is 0 Å². The van der Waals surface area contributed by atoms with E-state index in [4.69, 9.17) is 4.74 Å². The third-order valence-electron chi connectivity index (χ3n) is 4.25. The van der Waals surface area contributed by atoms with Gasteiger partial charge in [0.25, 0.3) is 0 Å². The van der Waals surface area contributed by atoms with Crippen LogP contribution in [0.2, 0.25) is 0 Å². The van der Waals surface area contributed by atoms with Crippen LogP contribution in [-0.2, 0) is 4.74 Å². The van der Waals surface area contributed by atoms with Crippen LogP contribution in [0.5, 0.6) is 0 Å². The summed E-state index contributed by atoms with van der Waals surface area (Å²) in [6.07, 6.45) is 1.73. The molecule has 0 bridgehead atoms. The molecule has 3 aromatic rings. The summed E-state index contributed by atoms with van der Waals surface area (Å²) in [5.41, 5.74) is 4.78. The van der Waals surface area contributed by atoms with E-state index < -0.39 is 0 Å². The highest BCUT2D eigenvalue weighted by atomic mass is 127. The molecule has 4 rings (SSSR count). The zero-order valence-corrected chi connectivity index (χ0v) is 19.7. The number of nitrogens with one attached hydrogen (secondary N) is 2. The van der Waals surface area contributed by atoms with Crippen LogP contribution in [0.1, 0.15) is 5.56 Å². The second-order valence-corrected chi connectivity index (χ2v) is 8.60. The summed E-state index contributed by atoms with van der Waals surface area (Å²) in [6.45, 7) is 2.75. The predicted octanol–water partition coefficient (Wildman–Crippen LogP) is 4.26. The molecule has 1 aliphatic rings. The number of ether oxygens (including phenoxy) is 1. The van der Waals surface area contributed by atoms with E-state index in [0.717, 1.165) is 28.8 Å². The molecule has 0 amide bonds. The van der Waals surface area contributed by atoms with Crippen molar-refractivity contribution >= 4 is 68.3 Å². The van der Waals surface area contributed by atoms with E-state index in [2.05, 4.69) is 74.2 Å². The molecule has 0 aliphatic carbocycles. The zero-order chi connectivity index (χ0) is 20.8. The third-order valence-corrected chi connectivity index (χ3v) is 5.46. The van der Waals surface area contributed by atoms with E-state index in [9.17, 15) is 0 Å². The molecule has 10 heteroatoms. The molecule has 0 saturated carbocycles. The lowest BCUT2D eigenvalue weighted by Crippen LogP contribution is -2.37. The van der Waals surface area contributed by atoms with Gasteiger partial charge < -0.3 is 15.0 Å². The Kier molecular flexibility index (Phi) is 7.07. The van der Waals surface area contributed by atoms with Crippen molar-refractivity contribution in [2.45, 2.75) is 0 Å². The Morgan fingerprint density at radius 3 is 2.57 bits per heavy atom. The molecule has 2 heterocycles. The maximum absolute atomic E-state index is 5.44. The second-order valence-electron chi connectivity index (χ2n) is 6.44. The number of hydrogen-bond acceptors (Lipinski definition) is 8. The summed E-state index contributed by atoms with van der Waals surface area (Å²) in [5, 5.41) is 7.52. The number of rotatable bonds is 6. The average molecular weight is 580 g/mol. The van der Waals surface area contributed by atoms with Crippen molar-refractivity contribution in [1.82, 2.24) is 15.0 Å². The van der Waals surface area contributed by atoms with Gasteiger partial charge >= 0.3 is 0 Å². The van der Waals surface area contributed by atoms with Gasteiger partial charge in [0.2, 0.25) is 17.8 Å². The molecule has 154 valence electrons. The molecule has 1 aromatic heterocycles. The Balaban J connectivity index is 1.56. The maximum Gasteiger partial charge on any atom is 0.250 e. The number of hydrazone groups is 1. The van der Waals surface area contributed by atoms with Crippen molar-refractivity contribution in [3.05, 3.63) is 62.1 Å². The van der Waals surface area contributed by atoms with Crippen molar-refractivity contribution in [3.8, 4) is 0 Å². The van der Waals surface area contributed by atoms with Gasteiger partial charge in [-0.3, -0.25) is 0 Å². The minimum atomic E-state index is 0.366. The minimum absolute atomic E-state index is 0.366. The lowest BCUT2D eigenvalue weighted by Gasteiger charge is -2.27. The molecule has 1 fully saturated rings. The summed E-state index contributed by atoms with van der Waals surface area (Å²) in [4.78, 5) is 15.7. The molecule has 1 saturated heterocycles. The van der Waals surface area contributed by atoms with E-state index in [1.54, 1.807) is 6.21 Å². The van der Waals surface area contributed by atoms with Gasteiger partial charge in [0.05, 0.1) is 19.4 Å². The van der Waals surface area contributed by atoms with E-state index in [-0.39, 0.29) is 0 Å². The van der Waals surface area contributed by atoms with Gasteiger partial charge in [0.1, 0.15) is 0 Å². The molecule has 8 nitrogen and oxygen atoms in total. The summed E-state index contributed by atoms with van der Waals surface area (Å²) in [7, 11) is 0. The second kappa shape index (κ2) is 10.1. The molecule has 0 radical (unpaired) electrons. The number of benzene rings is 2. The first kappa shape index (κ1) is 20.9. The van der Waals surface area contributed by atoms with Crippen molar-refractivity contribution in [3.63, 3.8) is 0 Å². The molecule has 0 unspecified atom stereocenters. The fourth-order valence-corrected chi connectivity index (χ4v) is 3.54. The van der Waals surface area contributed by atoms with Gasteiger partial charge in [-0.25, -0.2) is 5.43 Å². The van der Waals surface area contributed by atoms with Gasteiger partial charge in [-0.2, -0.15) is 20.1 Å². The lowest BCUT2D eigenvalue weighted by atomic mass is 10.2. The topological polar surface area (TPSA) is 87.6 Å². The van der Waals surface area contributed by atoms with Crippen LogP contribution in [-0.4, -0.2) is 47.5 Å². The highest BCUT2D eigenvalue weighted by Crippen LogP contribution is 2.21. The molecular weight excluding hydrogens is 561 g/mol. The number of aromatic nitrogens is 3. The Hall–Kier alpha value is -2.31. The first-order valence-corrected chi connectivity index (χ1v) is 11.2. The van der Waals surface area contributed by atoms with Crippen LogP contribution in [0.3, 0.4) is 0 Å². The van der Waals surface area contributed by atoms with Crippen LogP contribution in [0, 0.1) is 3.57 Å². The third kappa shape index (κ3) is 5.86. The average Bonchev–Trinajstić information content (AvgIpc) is 2.76. The van der Waals surface area contributed by atoms with Crippen molar-refractivity contribution in [2.24, 2.45) is 5.10 Å². The largest absolute Gasteiger partial charge is 0.378 e. The smallest absolute Gasteiger partial charge is 0.250 e. The van der Waals surface area contributed by atoms with E-state index in [0.29, 0.717) is 31.1 Å². The maximum atomic E-state index is 5.44. The Bertz CT molecular complexity index is 1030. The van der Waals surface area contributed by atoms with Crippen molar-refractivity contribution in [1.29, 1.82) is 0 Å². The fourth-order valence-electron chi connectivity index (χ4n) is 2.78. The Morgan fingerprint density at radius 1 is 1.03 bits per heavy atom. The Labute approximate surface area is 196 Å². The number of nitrogens with zero attached hydrogens (tertiary/aromatic N) is 5. The number of morpholine rings is 1. The molecule has 2 N–H and O–H groups in total. The highest BCUT2D eigenvalue weighted by Gasteiger charge is 2.16. The van der Waals surface area contributed by atoms with Gasteiger partial charge in [0, 0.05) is 26.8 Å². The van der Waals surface area contributed by atoms with Crippen LogP contribution < -0.4 is 15.6 Å². The van der Waals surface area contributed by atoms with Gasteiger partial charge in [-0.05, 0) is 58.5 Å². The predicted molar refractivity (Wildman–Crippen MR) is 131 cm³/mol. The summed E-state index contributed by atoms with van der Waals surface area (Å²) < 4.78 is 7.58. The SMILES string of the molecule is Brc1cccc(Nc2nc(NN=Cc3ccc(I)cc3)nc(N3CCOCC3)n2)c1.